The summed E-state index contributed by atoms with van der Waals surface area (Å²) in [5, 5.41) is 17.1. The Morgan fingerprint density at radius 3 is 2.81 bits per heavy atom. The van der Waals surface area contributed by atoms with Crippen molar-refractivity contribution in [3.05, 3.63) is 53.7 Å². The third-order valence-electron chi connectivity index (χ3n) is 6.21. The van der Waals surface area contributed by atoms with Crippen molar-refractivity contribution in [3.63, 3.8) is 0 Å². The second-order valence-corrected chi connectivity index (χ2v) is 8.65. The van der Waals surface area contributed by atoms with E-state index in [-0.39, 0.29) is 5.91 Å². The van der Waals surface area contributed by atoms with E-state index >= 15 is 0 Å². The summed E-state index contributed by atoms with van der Waals surface area (Å²) < 4.78 is 5.41. The van der Waals surface area contributed by atoms with Gasteiger partial charge < -0.3 is 15.4 Å². The number of fused-ring (bicyclic) bond motifs is 1. The first kappa shape index (κ1) is 20.8. The minimum absolute atomic E-state index is 0.00663. The van der Waals surface area contributed by atoms with Gasteiger partial charge >= 0.3 is 0 Å². The number of amides is 1. The minimum Gasteiger partial charge on any atom is -0.379 e. The number of hydrogen-bond donors (Lipinski definition) is 2. The number of nitrogens with zero attached hydrogens (tertiary/aromatic N) is 3. The molecule has 3 aromatic rings. The lowest BCUT2D eigenvalue weighted by Gasteiger charge is -2.26. The number of nitrogens with one attached hydrogen (secondary N) is 2. The number of carbonyl (C=O) groups is 1. The Balaban J connectivity index is 1.35. The van der Waals surface area contributed by atoms with Crippen molar-refractivity contribution < 1.29 is 9.53 Å². The highest BCUT2D eigenvalue weighted by atomic mass is 16.5. The van der Waals surface area contributed by atoms with E-state index in [1.54, 1.807) is 6.20 Å². The Labute approximate surface area is 188 Å². The van der Waals surface area contributed by atoms with Gasteiger partial charge in [0, 0.05) is 48.6 Å². The van der Waals surface area contributed by atoms with Gasteiger partial charge in [-0.2, -0.15) is 5.10 Å². The van der Waals surface area contributed by atoms with Crippen molar-refractivity contribution in [1.29, 1.82) is 0 Å². The third kappa shape index (κ3) is 4.74. The number of aryl methyl sites for hydroxylation is 1. The highest BCUT2D eigenvalue weighted by molar-refractivity contribution is 5.97. The highest BCUT2D eigenvalue weighted by Gasteiger charge is 2.24. The molecule has 2 N–H and O–H groups in total. The molecule has 2 fully saturated rings. The predicted molar refractivity (Wildman–Crippen MR) is 126 cm³/mol. The number of anilines is 1. The van der Waals surface area contributed by atoms with Gasteiger partial charge in [0.2, 0.25) is 0 Å². The van der Waals surface area contributed by atoms with Crippen LogP contribution in [-0.2, 0) is 4.74 Å². The van der Waals surface area contributed by atoms with E-state index in [0.717, 1.165) is 85.5 Å². The summed E-state index contributed by atoms with van der Waals surface area (Å²) in [6.45, 7) is 7.40. The quantitative estimate of drug-likeness (QED) is 0.598. The lowest BCUT2D eigenvalue weighted by molar-refractivity contribution is 0.0398. The average Bonchev–Trinajstić information content (AvgIpc) is 3.64. The maximum Gasteiger partial charge on any atom is 0.251 e. The fraction of sp³-hybridized carbons (Fsp3) is 0.400. The summed E-state index contributed by atoms with van der Waals surface area (Å²) in [5.74, 6) is 0.809. The molecule has 2 aliphatic rings. The molecule has 0 bridgehead atoms. The standard InChI is InChI=1S/C25H29N5O2/c1-17-2-3-19(25(31)28-21-5-6-21)15-23(17)18-4-7-22-20(14-18)16-27-29-24(22)26-8-9-30-10-12-32-13-11-30/h2-4,7,14-16,21H,5-6,8-13H2,1H3,(H,26,29)(H,28,31). The van der Waals surface area contributed by atoms with Gasteiger partial charge in [-0.1, -0.05) is 12.1 Å². The Hall–Kier alpha value is -3.03. The smallest absolute Gasteiger partial charge is 0.251 e. The summed E-state index contributed by atoms with van der Waals surface area (Å²) >= 11 is 0. The molecule has 7 heteroatoms. The van der Waals surface area contributed by atoms with Crippen LogP contribution in [0, 0.1) is 6.92 Å². The number of ether oxygens (including phenoxy) is 1. The van der Waals surface area contributed by atoms with E-state index in [1.165, 1.54) is 0 Å². The van der Waals surface area contributed by atoms with Gasteiger partial charge in [-0.25, -0.2) is 0 Å². The van der Waals surface area contributed by atoms with E-state index < -0.39 is 0 Å². The van der Waals surface area contributed by atoms with Crippen LogP contribution in [0.4, 0.5) is 5.82 Å². The topological polar surface area (TPSA) is 79.4 Å². The average molecular weight is 432 g/mol. The fourth-order valence-corrected chi connectivity index (χ4v) is 4.11. The van der Waals surface area contributed by atoms with E-state index in [9.17, 15) is 4.79 Å². The molecule has 1 amide bonds. The number of morpholine rings is 1. The van der Waals surface area contributed by atoms with Gasteiger partial charge in [-0.15, -0.1) is 5.10 Å². The van der Waals surface area contributed by atoms with E-state index in [0.29, 0.717) is 11.6 Å². The molecule has 2 heterocycles. The number of aromatic nitrogens is 2. The number of carbonyl (C=O) groups excluding carboxylic acids is 1. The molecular formula is C25H29N5O2. The second-order valence-electron chi connectivity index (χ2n) is 8.65. The predicted octanol–water partition coefficient (Wildman–Crippen LogP) is 3.24. The van der Waals surface area contributed by atoms with Crippen LogP contribution in [0.3, 0.4) is 0 Å². The Kier molecular flexibility index (Phi) is 6.01. The maximum atomic E-state index is 12.5. The van der Waals surface area contributed by atoms with Crippen LogP contribution >= 0.6 is 0 Å². The van der Waals surface area contributed by atoms with Crippen molar-refractivity contribution in [3.8, 4) is 11.1 Å². The molecule has 1 saturated carbocycles. The maximum absolute atomic E-state index is 12.5. The number of rotatable bonds is 7. The van der Waals surface area contributed by atoms with Gasteiger partial charge in [-0.3, -0.25) is 9.69 Å². The molecule has 5 rings (SSSR count). The van der Waals surface area contributed by atoms with Gasteiger partial charge in [-0.05, 0) is 60.7 Å². The summed E-state index contributed by atoms with van der Waals surface area (Å²) in [4.78, 5) is 14.9. The number of benzene rings is 2. The lowest BCUT2D eigenvalue weighted by Crippen LogP contribution is -2.39. The normalized spacial score (nSPS) is 16.8. The van der Waals surface area contributed by atoms with Crippen LogP contribution in [0.15, 0.2) is 42.6 Å². The molecule has 7 nitrogen and oxygen atoms in total. The van der Waals surface area contributed by atoms with Crippen LogP contribution in [-0.4, -0.2) is 66.4 Å². The molecular weight excluding hydrogens is 402 g/mol. The van der Waals surface area contributed by atoms with Crippen molar-refractivity contribution in [2.75, 3.05) is 44.7 Å². The molecule has 0 radical (unpaired) electrons. The summed E-state index contributed by atoms with van der Waals surface area (Å²) in [7, 11) is 0. The molecule has 32 heavy (non-hydrogen) atoms. The fourth-order valence-electron chi connectivity index (χ4n) is 4.11. The molecule has 1 aromatic heterocycles. The lowest BCUT2D eigenvalue weighted by atomic mass is 9.96. The first-order valence-corrected chi connectivity index (χ1v) is 11.4. The van der Waals surface area contributed by atoms with Crippen LogP contribution in [0.1, 0.15) is 28.8 Å². The molecule has 0 atom stereocenters. The summed E-state index contributed by atoms with van der Waals surface area (Å²) in [6, 6.07) is 12.6. The van der Waals surface area contributed by atoms with Gasteiger partial charge in [0.05, 0.1) is 19.4 Å². The SMILES string of the molecule is Cc1ccc(C(=O)NC2CC2)cc1-c1ccc2c(NCCN3CCOCC3)nncc2c1. The van der Waals surface area contributed by atoms with E-state index in [4.69, 9.17) is 4.74 Å². The molecule has 1 saturated heterocycles. The van der Waals surface area contributed by atoms with Crippen LogP contribution in [0.2, 0.25) is 0 Å². The summed E-state index contributed by atoms with van der Waals surface area (Å²) in [6.07, 6.45) is 3.96. The zero-order valence-corrected chi connectivity index (χ0v) is 18.4. The first-order valence-electron chi connectivity index (χ1n) is 11.4. The van der Waals surface area contributed by atoms with Gasteiger partial charge in [0.1, 0.15) is 0 Å². The zero-order valence-electron chi connectivity index (χ0n) is 18.4. The van der Waals surface area contributed by atoms with Crippen LogP contribution in [0.25, 0.3) is 21.9 Å². The first-order chi connectivity index (χ1) is 15.7. The molecule has 1 aliphatic heterocycles. The Morgan fingerprint density at radius 1 is 1.16 bits per heavy atom. The van der Waals surface area contributed by atoms with Crippen LogP contribution in [0.5, 0.6) is 0 Å². The molecule has 166 valence electrons. The summed E-state index contributed by atoms with van der Waals surface area (Å²) in [5.41, 5.74) is 3.98. The van der Waals surface area contributed by atoms with E-state index in [1.807, 2.05) is 18.2 Å². The highest BCUT2D eigenvalue weighted by Crippen LogP contribution is 2.30. The minimum atomic E-state index is 0.00663. The van der Waals surface area contributed by atoms with Crippen molar-refractivity contribution in [2.45, 2.75) is 25.8 Å². The van der Waals surface area contributed by atoms with Crippen molar-refractivity contribution >= 4 is 22.5 Å². The second kappa shape index (κ2) is 9.22. The van der Waals surface area contributed by atoms with E-state index in [2.05, 4.69) is 50.9 Å². The number of hydrogen-bond acceptors (Lipinski definition) is 6. The Bertz CT molecular complexity index is 1120. The van der Waals surface area contributed by atoms with Crippen molar-refractivity contribution in [2.24, 2.45) is 0 Å². The molecule has 0 spiro atoms. The zero-order chi connectivity index (χ0) is 21.9. The molecule has 1 aliphatic carbocycles. The van der Waals surface area contributed by atoms with Gasteiger partial charge in [0.25, 0.3) is 5.91 Å². The van der Waals surface area contributed by atoms with Crippen molar-refractivity contribution in [1.82, 2.24) is 20.4 Å². The molecule has 2 aromatic carbocycles. The third-order valence-corrected chi connectivity index (χ3v) is 6.21. The molecule has 0 unspecified atom stereocenters. The van der Waals surface area contributed by atoms with Gasteiger partial charge in [0.15, 0.2) is 5.82 Å². The monoisotopic (exact) mass is 431 g/mol. The Morgan fingerprint density at radius 2 is 2.00 bits per heavy atom. The largest absolute Gasteiger partial charge is 0.379 e. The van der Waals surface area contributed by atoms with Crippen LogP contribution < -0.4 is 10.6 Å².